The number of halogens is 2. The molecule has 1 unspecified atom stereocenters. The molecule has 0 aliphatic carbocycles. The zero-order chi connectivity index (χ0) is 26.6. The molecule has 1 fully saturated rings. The third-order valence-electron chi connectivity index (χ3n) is 6.26. The van der Waals surface area contributed by atoms with Gasteiger partial charge in [-0.3, -0.25) is 9.69 Å². The third-order valence-corrected chi connectivity index (χ3v) is 6.75. The number of rotatable bonds is 9. The van der Waals surface area contributed by atoms with Crippen molar-refractivity contribution in [2.75, 3.05) is 13.2 Å². The molecule has 38 heavy (non-hydrogen) atoms. The van der Waals surface area contributed by atoms with Crippen molar-refractivity contribution in [3.05, 3.63) is 106 Å². The van der Waals surface area contributed by atoms with Crippen LogP contribution in [0, 0.1) is 5.82 Å². The van der Waals surface area contributed by atoms with E-state index in [0.29, 0.717) is 39.3 Å². The number of nitrogens with zero attached hydrogens (tertiary/aromatic N) is 2. The molecule has 1 aliphatic heterocycles. The van der Waals surface area contributed by atoms with Gasteiger partial charge in [-0.2, -0.15) is 0 Å². The minimum absolute atomic E-state index is 0.111. The zero-order valence-electron chi connectivity index (χ0n) is 20.1. The highest BCUT2D eigenvalue weighted by Gasteiger charge is 2.44. The molecule has 3 aromatic carbocycles. The number of aliphatic hydroxyl groups is 1. The summed E-state index contributed by atoms with van der Waals surface area (Å²) in [5, 5.41) is 11.7. The van der Waals surface area contributed by atoms with Crippen LogP contribution >= 0.6 is 15.9 Å². The second-order valence-corrected chi connectivity index (χ2v) is 9.66. The maximum absolute atomic E-state index is 14.6. The second kappa shape index (κ2) is 11.2. The number of hydrogen-bond donors (Lipinski definition) is 3. The van der Waals surface area contributed by atoms with Crippen LogP contribution in [-0.4, -0.2) is 45.1 Å². The summed E-state index contributed by atoms with van der Waals surface area (Å²) in [6, 6.07) is 18.8. The Bertz CT molecular complexity index is 1450. The van der Waals surface area contributed by atoms with Crippen LogP contribution in [0.15, 0.2) is 83.5 Å². The number of aromatic amines is 1. The normalized spacial score (nSPS) is 16.0. The summed E-state index contributed by atoms with van der Waals surface area (Å²) in [5.41, 5.74) is 2.26. The van der Waals surface area contributed by atoms with Gasteiger partial charge in [-0.05, 0) is 41.5 Å². The first-order valence-electron chi connectivity index (χ1n) is 12.0. The summed E-state index contributed by atoms with van der Waals surface area (Å²) < 4.78 is 20.6. The number of aliphatic hydroxyl groups excluding tert-OH is 1. The fraction of sp³-hybridized carbons (Fsp3) is 0.179. The van der Waals surface area contributed by atoms with E-state index in [1.807, 2.05) is 30.3 Å². The molecule has 1 aromatic heterocycles. The molecule has 0 spiro atoms. The number of aromatic nitrogens is 2. The number of imide groups is 1. The number of benzene rings is 3. The Kier molecular flexibility index (Phi) is 7.52. The molecular formula is C28H24BrFN4O4. The average Bonchev–Trinajstić information content (AvgIpc) is 3.51. The van der Waals surface area contributed by atoms with Gasteiger partial charge in [-0.25, -0.2) is 14.2 Å². The van der Waals surface area contributed by atoms with E-state index in [-0.39, 0.29) is 13.2 Å². The van der Waals surface area contributed by atoms with Crippen LogP contribution in [0.1, 0.15) is 29.0 Å². The number of carbonyl (C=O) groups is 2. The molecule has 4 aromatic rings. The van der Waals surface area contributed by atoms with E-state index >= 15 is 0 Å². The molecule has 1 saturated heterocycles. The standard InChI is InChI=1S/C28H24BrFN4O4/c29-19-8-11-21(22(30)15-19)23-16-31-26(32-23)24(14-17-4-2-1-3-5-17)34-27(36)25(33-28(34)37)18-6-9-20(10-7-18)38-13-12-35/h1-11,15-16,24-25,35H,12-14H2,(H,31,32)(H,33,37)/t24?,25-/m1/s1. The minimum atomic E-state index is -0.883. The van der Waals surface area contributed by atoms with E-state index in [9.17, 15) is 14.0 Å². The van der Waals surface area contributed by atoms with Crippen LogP contribution < -0.4 is 10.1 Å². The van der Waals surface area contributed by atoms with Crippen molar-refractivity contribution in [1.29, 1.82) is 0 Å². The van der Waals surface area contributed by atoms with Crippen molar-refractivity contribution >= 4 is 27.9 Å². The van der Waals surface area contributed by atoms with Gasteiger partial charge in [0.1, 0.15) is 36.1 Å². The summed E-state index contributed by atoms with van der Waals surface area (Å²) >= 11 is 3.26. The molecule has 2 heterocycles. The smallest absolute Gasteiger partial charge is 0.325 e. The molecular weight excluding hydrogens is 555 g/mol. The first-order chi connectivity index (χ1) is 18.4. The molecule has 194 valence electrons. The van der Waals surface area contributed by atoms with Gasteiger partial charge in [0.25, 0.3) is 5.91 Å². The van der Waals surface area contributed by atoms with Gasteiger partial charge in [0.2, 0.25) is 0 Å². The van der Waals surface area contributed by atoms with Crippen molar-refractivity contribution < 1.29 is 23.8 Å². The van der Waals surface area contributed by atoms with Gasteiger partial charge < -0.3 is 20.1 Å². The molecule has 1 aliphatic rings. The van der Waals surface area contributed by atoms with Crippen LogP contribution in [0.5, 0.6) is 5.75 Å². The Balaban J connectivity index is 1.46. The van der Waals surface area contributed by atoms with E-state index in [1.165, 1.54) is 17.2 Å². The first kappa shape index (κ1) is 25.6. The molecule has 10 heteroatoms. The topological polar surface area (TPSA) is 108 Å². The molecule has 5 rings (SSSR count). The maximum atomic E-state index is 14.6. The molecule has 0 bridgehead atoms. The van der Waals surface area contributed by atoms with Crippen LogP contribution in [0.3, 0.4) is 0 Å². The average molecular weight is 579 g/mol. The fourth-order valence-electron chi connectivity index (χ4n) is 4.43. The predicted octanol–water partition coefficient (Wildman–Crippen LogP) is 4.93. The number of urea groups is 1. The van der Waals surface area contributed by atoms with E-state index in [0.717, 1.165) is 5.56 Å². The van der Waals surface area contributed by atoms with Crippen molar-refractivity contribution in [1.82, 2.24) is 20.2 Å². The second-order valence-electron chi connectivity index (χ2n) is 8.74. The van der Waals surface area contributed by atoms with Gasteiger partial charge in [0.05, 0.1) is 18.5 Å². The van der Waals surface area contributed by atoms with Crippen molar-refractivity contribution in [2.45, 2.75) is 18.5 Å². The van der Waals surface area contributed by atoms with Crippen molar-refractivity contribution in [3.63, 3.8) is 0 Å². The highest BCUT2D eigenvalue weighted by molar-refractivity contribution is 9.10. The van der Waals surface area contributed by atoms with Crippen LogP contribution in [0.2, 0.25) is 0 Å². The number of ether oxygens (including phenoxy) is 1. The third kappa shape index (κ3) is 5.32. The largest absolute Gasteiger partial charge is 0.491 e. The Morgan fingerprint density at radius 2 is 1.84 bits per heavy atom. The fourth-order valence-corrected chi connectivity index (χ4v) is 4.77. The number of amides is 3. The Labute approximate surface area is 226 Å². The number of imidazole rings is 1. The van der Waals surface area contributed by atoms with E-state index in [4.69, 9.17) is 9.84 Å². The summed E-state index contributed by atoms with van der Waals surface area (Å²) in [5.74, 6) is 0.0492. The number of H-pyrrole nitrogens is 1. The van der Waals surface area contributed by atoms with Gasteiger partial charge in [0.15, 0.2) is 0 Å². The minimum Gasteiger partial charge on any atom is -0.491 e. The number of hydrogen-bond acceptors (Lipinski definition) is 5. The van der Waals surface area contributed by atoms with Gasteiger partial charge in [0, 0.05) is 16.5 Å². The van der Waals surface area contributed by atoms with Crippen molar-refractivity contribution in [3.8, 4) is 17.0 Å². The lowest BCUT2D eigenvalue weighted by atomic mass is 10.0. The van der Waals surface area contributed by atoms with Crippen molar-refractivity contribution in [2.24, 2.45) is 0 Å². The van der Waals surface area contributed by atoms with E-state index < -0.39 is 29.8 Å². The maximum Gasteiger partial charge on any atom is 0.325 e. The summed E-state index contributed by atoms with van der Waals surface area (Å²) in [6.07, 6.45) is 1.82. The van der Waals surface area contributed by atoms with E-state index in [2.05, 4.69) is 31.2 Å². The quantitative estimate of drug-likeness (QED) is 0.244. The monoisotopic (exact) mass is 578 g/mol. The summed E-state index contributed by atoms with van der Waals surface area (Å²) in [6.45, 7) is 0.0440. The SMILES string of the molecule is O=C1N[C@H](c2ccc(OCCO)cc2)C(=O)N1C(Cc1ccccc1)c1ncc(-c2ccc(Br)cc2F)[nH]1. The lowest BCUT2D eigenvalue weighted by molar-refractivity contribution is -0.129. The Morgan fingerprint density at radius 1 is 1.08 bits per heavy atom. The van der Waals surface area contributed by atoms with Crippen LogP contribution in [-0.2, 0) is 11.2 Å². The molecule has 0 radical (unpaired) electrons. The molecule has 0 saturated carbocycles. The molecule has 2 atom stereocenters. The van der Waals surface area contributed by atoms with Crippen LogP contribution in [0.25, 0.3) is 11.3 Å². The summed E-state index contributed by atoms with van der Waals surface area (Å²) in [7, 11) is 0. The van der Waals surface area contributed by atoms with Gasteiger partial charge in [-0.1, -0.05) is 58.4 Å². The van der Waals surface area contributed by atoms with Gasteiger partial charge in [-0.15, -0.1) is 0 Å². The predicted molar refractivity (Wildman–Crippen MR) is 142 cm³/mol. The van der Waals surface area contributed by atoms with E-state index in [1.54, 1.807) is 36.4 Å². The Morgan fingerprint density at radius 3 is 2.55 bits per heavy atom. The number of nitrogens with one attached hydrogen (secondary N) is 2. The Hall–Kier alpha value is -4.02. The lowest BCUT2D eigenvalue weighted by Crippen LogP contribution is -2.36. The first-order valence-corrected chi connectivity index (χ1v) is 12.8. The zero-order valence-corrected chi connectivity index (χ0v) is 21.7. The summed E-state index contributed by atoms with van der Waals surface area (Å²) in [4.78, 5) is 35.6. The lowest BCUT2D eigenvalue weighted by Gasteiger charge is -2.24. The molecule has 8 nitrogen and oxygen atoms in total. The molecule has 3 N–H and O–H groups in total. The number of carbonyl (C=O) groups excluding carboxylic acids is 2. The molecule has 3 amide bonds. The highest BCUT2D eigenvalue weighted by Crippen LogP contribution is 2.33. The van der Waals surface area contributed by atoms with Crippen LogP contribution in [0.4, 0.5) is 9.18 Å². The highest BCUT2D eigenvalue weighted by atomic mass is 79.9. The van der Waals surface area contributed by atoms with Gasteiger partial charge >= 0.3 is 6.03 Å².